The van der Waals surface area contributed by atoms with E-state index in [0.29, 0.717) is 17.5 Å². The Morgan fingerprint density at radius 3 is 3.00 bits per heavy atom. The summed E-state index contributed by atoms with van der Waals surface area (Å²) >= 11 is 3.06. The average molecular weight is 387 g/mol. The van der Waals surface area contributed by atoms with Gasteiger partial charge in [-0.1, -0.05) is 23.9 Å². The minimum atomic E-state index is 0.0341. The fourth-order valence-electron chi connectivity index (χ4n) is 2.81. The maximum Gasteiger partial charge on any atom is 0.237 e. The highest BCUT2D eigenvalue weighted by Gasteiger charge is 2.24. The summed E-state index contributed by atoms with van der Waals surface area (Å²) in [6, 6.07) is 9.77. The van der Waals surface area contributed by atoms with Crippen LogP contribution in [0.25, 0.3) is 11.4 Å². The van der Waals surface area contributed by atoms with Gasteiger partial charge < -0.3 is 15.2 Å². The summed E-state index contributed by atoms with van der Waals surface area (Å²) in [5, 5.41) is 8.73. The van der Waals surface area contributed by atoms with Gasteiger partial charge in [-0.2, -0.15) is 0 Å². The Morgan fingerprint density at radius 2 is 2.19 bits per heavy atom. The Labute approximate surface area is 158 Å². The molecule has 0 fully saturated rings. The number of aromatic nitrogens is 3. The molecule has 3 heterocycles. The van der Waals surface area contributed by atoms with Gasteiger partial charge in [0.2, 0.25) is 11.1 Å². The van der Waals surface area contributed by atoms with Crippen LogP contribution in [0.15, 0.2) is 51.1 Å². The van der Waals surface area contributed by atoms with E-state index in [4.69, 9.17) is 10.3 Å². The minimum absolute atomic E-state index is 0.0341. The summed E-state index contributed by atoms with van der Waals surface area (Å²) in [6.07, 6.45) is 1.58. The summed E-state index contributed by atoms with van der Waals surface area (Å²) in [6.45, 7) is 2.54. The van der Waals surface area contributed by atoms with E-state index >= 15 is 0 Å². The monoisotopic (exact) mass is 387 g/mol. The second kappa shape index (κ2) is 7.08. The molecule has 0 aliphatic carbocycles. The summed E-state index contributed by atoms with van der Waals surface area (Å²) in [7, 11) is 0. The fourth-order valence-corrected chi connectivity index (χ4v) is 4.54. The number of aryl methyl sites for hydroxylation is 1. The van der Waals surface area contributed by atoms with Crippen LogP contribution in [0.5, 0.6) is 0 Å². The lowest BCUT2D eigenvalue weighted by Crippen LogP contribution is -2.36. The lowest BCUT2D eigenvalue weighted by atomic mass is 10.2. The van der Waals surface area contributed by atoms with Crippen LogP contribution in [0.4, 0.5) is 5.69 Å². The Hall–Kier alpha value is -2.39. The predicted octanol–water partition coefficient (Wildman–Crippen LogP) is 2.79. The third-order valence-electron chi connectivity index (χ3n) is 4.12. The van der Waals surface area contributed by atoms with E-state index in [1.165, 1.54) is 16.4 Å². The summed E-state index contributed by atoms with van der Waals surface area (Å²) in [4.78, 5) is 15.7. The van der Waals surface area contributed by atoms with Gasteiger partial charge in [-0.25, -0.2) is 4.68 Å². The van der Waals surface area contributed by atoms with Crippen LogP contribution < -0.4 is 10.7 Å². The molecule has 0 saturated carbocycles. The van der Waals surface area contributed by atoms with Crippen LogP contribution in [0, 0.1) is 6.92 Å². The second-order valence-electron chi connectivity index (χ2n) is 5.72. The van der Waals surface area contributed by atoms with Gasteiger partial charge in [0, 0.05) is 17.2 Å². The number of thioether (sulfide) groups is 2. The molecule has 4 rings (SSSR count). The van der Waals surface area contributed by atoms with E-state index in [-0.39, 0.29) is 11.7 Å². The fraction of sp³-hybridized carbons (Fsp3) is 0.235. The van der Waals surface area contributed by atoms with E-state index in [1.807, 2.05) is 36.1 Å². The van der Waals surface area contributed by atoms with Gasteiger partial charge in [-0.15, -0.1) is 22.0 Å². The number of nitrogens with zero attached hydrogens (tertiary/aromatic N) is 4. The number of carbonyl (C=O) groups excluding carboxylic acids is 1. The molecule has 2 N–H and O–H groups in total. The van der Waals surface area contributed by atoms with Crippen LogP contribution in [0.2, 0.25) is 0 Å². The van der Waals surface area contributed by atoms with Gasteiger partial charge in [0.25, 0.3) is 0 Å². The molecular weight excluding hydrogens is 370 g/mol. The predicted molar refractivity (Wildman–Crippen MR) is 103 cm³/mol. The highest BCUT2D eigenvalue weighted by molar-refractivity contribution is 8.00. The number of amides is 1. The number of furan rings is 1. The molecule has 1 aliphatic heterocycles. The van der Waals surface area contributed by atoms with Gasteiger partial charge in [0.05, 0.1) is 23.3 Å². The van der Waals surface area contributed by atoms with Crippen molar-refractivity contribution in [2.45, 2.75) is 17.0 Å². The zero-order chi connectivity index (χ0) is 18.1. The molecule has 1 amide bonds. The van der Waals surface area contributed by atoms with E-state index in [2.05, 4.69) is 10.2 Å². The maximum atomic E-state index is 12.7. The zero-order valence-corrected chi connectivity index (χ0v) is 15.7. The Balaban J connectivity index is 1.48. The van der Waals surface area contributed by atoms with Crippen LogP contribution in [-0.4, -0.2) is 38.8 Å². The number of nitrogens with two attached hydrogens (primary N) is 1. The third kappa shape index (κ3) is 3.08. The Morgan fingerprint density at radius 1 is 1.35 bits per heavy atom. The number of hydrogen-bond donors (Lipinski definition) is 1. The van der Waals surface area contributed by atoms with E-state index in [9.17, 15) is 4.79 Å². The molecule has 0 unspecified atom stereocenters. The lowest BCUT2D eigenvalue weighted by Gasteiger charge is -2.28. The smallest absolute Gasteiger partial charge is 0.237 e. The molecule has 1 aliphatic rings. The van der Waals surface area contributed by atoms with Crippen molar-refractivity contribution in [1.29, 1.82) is 0 Å². The summed E-state index contributed by atoms with van der Waals surface area (Å²) < 4.78 is 6.69. The maximum absolute atomic E-state index is 12.7. The van der Waals surface area contributed by atoms with Crippen molar-refractivity contribution in [1.82, 2.24) is 14.9 Å². The van der Waals surface area contributed by atoms with Crippen molar-refractivity contribution < 1.29 is 9.21 Å². The lowest BCUT2D eigenvalue weighted by molar-refractivity contribution is -0.116. The molecule has 0 atom stereocenters. The van der Waals surface area contributed by atoms with Crippen molar-refractivity contribution in [3.63, 3.8) is 0 Å². The summed E-state index contributed by atoms with van der Waals surface area (Å²) in [5.74, 6) is 8.52. The van der Waals surface area contributed by atoms with Gasteiger partial charge in [0.1, 0.15) is 5.76 Å². The number of fused-ring (bicyclic) bond motifs is 1. The largest absolute Gasteiger partial charge is 0.469 e. The molecule has 2 aromatic heterocycles. The topological polar surface area (TPSA) is 90.2 Å². The molecule has 1 aromatic carbocycles. The molecule has 7 nitrogen and oxygen atoms in total. The van der Waals surface area contributed by atoms with Gasteiger partial charge in [-0.3, -0.25) is 4.79 Å². The zero-order valence-electron chi connectivity index (χ0n) is 14.1. The first-order valence-electron chi connectivity index (χ1n) is 8.05. The van der Waals surface area contributed by atoms with Gasteiger partial charge in [0.15, 0.2) is 5.82 Å². The Bertz CT molecular complexity index is 952. The van der Waals surface area contributed by atoms with Gasteiger partial charge >= 0.3 is 0 Å². The van der Waals surface area contributed by atoms with Crippen LogP contribution in [-0.2, 0) is 4.79 Å². The molecule has 0 radical (unpaired) electrons. The van der Waals surface area contributed by atoms with Crippen LogP contribution in [0.3, 0.4) is 0 Å². The van der Waals surface area contributed by atoms with E-state index in [1.54, 1.807) is 24.1 Å². The van der Waals surface area contributed by atoms with Crippen molar-refractivity contribution in [2.24, 2.45) is 0 Å². The quantitative estimate of drug-likeness (QED) is 0.544. The Kier molecular flexibility index (Phi) is 4.64. The molecule has 0 bridgehead atoms. The van der Waals surface area contributed by atoms with Crippen LogP contribution in [0.1, 0.15) is 5.76 Å². The first-order valence-corrected chi connectivity index (χ1v) is 10.0. The van der Waals surface area contributed by atoms with Crippen molar-refractivity contribution in [2.75, 3.05) is 28.8 Å². The van der Waals surface area contributed by atoms with E-state index in [0.717, 1.165) is 27.7 Å². The number of hydrogen-bond acceptors (Lipinski definition) is 7. The molecule has 0 saturated heterocycles. The number of anilines is 1. The van der Waals surface area contributed by atoms with Crippen molar-refractivity contribution in [3.8, 4) is 11.4 Å². The molecule has 9 heteroatoms. The number of carbonyl (C=O) groups is 1. The number of rotatable bonds is 4. The third-order valence-corrected chi connectivity index (χ3v) is 6.09. The second-order valence-corrected chi connectivity index (χ2v) is 7.80. The SMILES string of the molecule is Cc1occc1-c1nnc(SCC(=O)N2CCSc3ccccc32)n1N. The molecule has 0 spiro atoms. The normalized spacial score (nSPS) is 13.7. The van der Waals surface area contributed by atoms with Crippen LogP contribution >= 0.6 is 23.5 Å². The average Bonchev–Trinajstić information content (AvgIpc) is 3.24. The highest BCUT2D eigenvalue weighted by atomic mass is 32.2. The van der Waals surface area contributed by atoms with E-state index < -0.39 is 0 Å². The van der Waals surface area contributed by atoms with Crippen molar-refractivity contribution in [3.05, 3.63) is 42.4 Å². The standard InChI is InChI=1S/C17H17N5O2S2/c1-11-12(6-8-24-11)16-19-20-17(22(16)18)26-10-15(23)21-7-9-25-14-5-3-2-4-13(14)21/h2-6,8H,7,9-10,18H2,1H3. The number of para-hydroxylation sites is 1. The highest BCUT2D eigenvalue weighted by Crippen LogP contribution is 2.35. The van der Waals surface area contributed by atoms with Gasteiger partial charge in [-0.05, 0) is 25.1 Å². The first kappa shape index (κ1) is 17.0. The molecule has 134 valence electrons. The van der Waals surface area contributed by atoms with Crippen molar-refractivity contribution >= 4 is 35.1 Å². The molecular formula is C17H17N5O2S2. The molecule has 3 aromatic rings. The number of benzene rings is 1. The minimum Gasteiger partial charge on any atom is -0.469 e. The first-order chi connectivity index (χ1) is 12.6. The summed E-state index contributed by atoms with van der Waals surface area (Å²) in [5.41, 5.74) is 1.76. The number of nitrogen functional groups attached to an aromatic ring is 1. The molecule has 26 heavy (non-hydrogen) atoms.